The maximum atomic E-state index is 12.4. The topological polar surface area (TPSA) is 87.8 Å². The minimum absolute atomic E-state index is 0.162. The first-order chi connectivity index (χ1) is 11.6. The standard InChI is InChI=1S/C17H11BrN4O2/c18-12-4-5-15-14(7-12)17(24)22(10-20-15)9-16(23)21-13-3-1-2-11(6-13)8-19/h1-7,10H,9H2,(H,21,23). The van der Waals surface area contributed by atoms with E-state index in [0.717, 1.165) is 4.47 Å². The summed E-state index contributed by atoms with van der Waals surface area (Å²) in [5, 5.41) is 12.0. The number of anilines is 1. The second-order valence-corrected chi connectivity index (χ2v) is 6.00. The quantitative estimate of drug-likeness (QED) is 0.753. The Morgan fingerprint density at radius 1 is 1.29 bits per heavy atom. The van der Waals surface area contributed by atoms with Crippen LogP contribution in [0.5, 0.6) is 0 Å². The molecule has 0 bridgehead atoms. The van der Waals surface area contributed by atoms with E-state index in [1.807, 2.05) is 6.07 Å². The number of aromatic nitrogens is 2. The lowest BCUT2D eigenvalue weighted by molar-refractivity contribution is -0.116. The predicted octanol–water partition coefficient (Wildman–Crippen LogP) is 2.67. The Kier molecular flexibility index (Phi) is 4.40. The average Bonchev–Trinajstić information content (AvgIpc) is 2.58. The molecule has 0 spiro atoms. The zero-order valence-electron chi connectivity index (χ0n) is 12.4. The fourth-order valence-electron chi connectivity index (χ4n) is 2.27. The van der Waals surface area contributed by atoms with Gasteiger partial charge in [-0.15, -0.1) is 0 Å². The largest absolute Gasteiger partial charge is 0.324 e. The van der Waals surface area contributed by atoms with Crippen molar-refractivity contribution in [2.45, 2.75) is 6.54 Å². The van der Waals surface area contributed by atoms with Crippen LogP contribution in [0, 0.1) is 11.3 Å². The zero-order valence-corrected chi connectivity index (χ0v) is 13.9. The van der Waals surface area contributed by atoms with E-state index in [1.165, 1.54) is 10.9 Å². The van der Waals surface area contributed by atoms with Crippen molar-refractivity contribution < 1.29 is 4.79 Å². The summed E-state index contributed by atoms with van der Waals surface area (Å²) in [5.41, 5.74) is 1.23. The lowest BCUT2D eigenvalue weighted by Crippen LogP contribution is -2.27. The molecule has 118 valence electrons. The molecule has 0 fully saturated rings. The van der Waals surface area contributed by atoms with Crippen LogP contribution < -0.4 is 10.9 Å². The van der Waals surface area contributed by atoms with Gasteiger partial charge in [0.05, 0.1) is 28.9 Å². The lowest BCUT2D eigenvalue weighted by atomic mass is 10.2. The molecule has 3 aromatic rings. The van der Waals surface area contributed by atoms with Crippen LogP contribution in [0.25, 0.3) is 10.9 Å². The number of nitrogens with one attached hydrogen (secondary N) is 1. The zero-order chi connectivity index (χ0) is 17.1. The van der Waals surface area contributed by atoms with E-state index in [1.54, 1.807) is 42.5 Å². The molecule has 0 radical (unpaired) electrons. The molecule has 0 unspecified atom stereocenters. The van der Waals surface area contributed by atoms with Gasteiger partial charge >= 0.3 is 0 Å². The van der Waals surface area contributed by atoms with Crippen molar-refractivity contribution in [2.24, 2.45) is 0 Å². The van der Waals surface area contributed by atoms with Crippen LogP contribution in [0.4, 0.5) is 5.69 Å². The molecule has 0 saturated heterocycles. The molecular formula is C17H11BrN4O2. The van der Waals surface area contributed by atoms with Crippen molar-refractivity contribution in [3.63, 3.8) is 0 Å². The Hall–Kier alpha value is -2.98. The summed E-state index contributed by atoms with van der Waals surface area (Å²) < 4.78 is 2.02. The maximum Gasteiger partial charge on any atom is 0.261 e. The van der Waals surface area contributed by atoms with E-state index in [2.05, 4.69) is 26.2 Å². The highest BCUT2D eigenvalue weighted by molar-refractivity contribution is 9.10. The van der Waals surface area contributed by atoms with E-state index in [9.17, 15) is 9.59 Å². The molecule has 0 aliphatic heterocycles. The van der Waals surface area contributed by atoms with Crippen LogP contribution in [0.1, 0.15) is 5.56 Å². The van der Waals surface area contributed by atoms with Crippen LogP contribution in [-0.4, -0.2) is 15.5 Å². The van der Waals surface area contributed by atoms with E-state index in [4.69, 9.17) is 5.26 Å². The van der Waals surface area contributed by atoms with Crippen LogP contribution >= 0.6 is 15.9 Å². The Labute approximate surface area is 145 Å². The number of nitrogens with zero attached hydrogens (tertiary/aromatic N) is 3. The Bertz CT molecular complexity index is 1040. The highest BCUT2D eigenvalue weighted by Crippen LogP contribution is 2.15. The smallest absolute Gasteiger partial charge is 0.261 e. The molecule has 0 saturated carbocycles. The fourth-order valence-corrected chi connectivity index (χ4v) is 2.63. The summed E-state index contributed by atoms with van der Waals surface area (Å²) in [4.78, 5) is 28.8. The van der Waals surface area contributed by atoms with Gasteiger partial charge < -0.3 is 5.32 Å². The van der Waals surface area contributed by atoms with Gasteiger partial charge in [-0.1, -0.05) is 22.0 Å². The first kappa shape index (κ1) is 15.9. The molecule has 0 atom stereocenters. The third-order valence-corrected chi connectivity index (χ3v) is 3.87. The molecule has 6 nitrogen and oxygen atoms in total. The molecular weight excluding hydrogens is 372 g/mol. The second-order valence-electron chi connectivity index (χ2n) is 5.08. The van der Waals surface area contributed by atoms with Crippen molar-refractivity contribution in [3.05, 3.63) is 69.2 Å². The molecule has 1 amide bonds. The number of hydrogen-bond acceptors (Lipinski definition) is 4. The first-order valence-electron chi connectivity index (χ1n) is 7.01. The molecule has 1 N–H and O–H groups in total. The molecule has 3 rings (SSSR count). The summed E-state index contributed by atoms with van der Waals surface area (Å²) in [6.45, 7) is -0.162. The fraction of sp³-hybridized carbons (Fsp3) is 0.0588. The van der Waals surface area contributed by atoms with Gasteiger partial charge in [0.2, 0.25) is 5.91 Å². The first-order valence-corrected chi connectivity index (χ1v) is 7.81. The molecule has 1 aromatic heterocycles. The van der Waals surface area contributed by atoms with Crippen molar-refractivity contribution >= 4 is 38.4 Å². The summed E-state index contributed by atoms with van der Waals surface area (Å²) in [6.07, 6.45) is 1.35. The third kappa shape index (κ3) is 3.34. The summed E-state index contributed by atoms with van der Waals surface area (Å²) in [7, 11) is 0. The average molecular weight is 383 g/mol. The number of halogens is 1. The van der Waals surface area contributed by atoms with Crippen LogP contribution in [0.2, 0.25) is 0 Å². The van der Waals surface area contributed by atoms with E-state index in [0.29, 0.717) is 22.2 Å². The van der Waals surface area contributed by atoms with E-state index >= 15 is 0 Å². The van der Waals surface area contributed by atoms with Gasteiger partial charge in [-0.2, -0.15) is 5.26 Å². The van der Waals surface area contributed by atoms with Crippen LogP contribution in [0.3, 0.4) is 0 Å². The number of nitriles is 1. The summed E-state index contributed by atoms with van der Waals surface area (Å²) >= 11 is 3.32. The van der Waals surface area contributed by atoms with Gasteiger partial charge in [0, 0.05) is 10.2 Å². The number of carbonyl (C=O) groups excluding carboxylic acids is 1. The van der Waals surface area contributed by atoms with Gasteiger partial charge in [-0.25, -0.2) is 4.98 Å². The van der Waals surface area contributed by atoms with Crippen molar-refractivity contribution in [3.8, 4) is 6.07 Å². The van der Waals surface area contributed by atoms with Crippen LogP contribution in [-0.2, 0) is 11.3 Å². The van der Waals surface area contributed by atoms with Crippen molar-refractivity contribution in [2.75, 3.05) is 5.32 Å². The Balaban J connectivity index is 1.84. The summed E-state index contributed by atoms with van der Waals surface area (Å²) in [6, 6.07) is 13.8. The van der Waals surface area contributed by atoms with E-state index < -0.39 is 0 Å². The highest BCUT2D eigenvalue weighted by Gasteiger charge is 2.09. The minimum Gasteiger partial charge on any atom is -0.324 e. The minimum atomic E-state index is -0.372. The number of fused-ring (bicyclic) bond motifs is 1. The summed E-state index contributed by atoms with van der Waals surface area (Å²) in [5.74, 6) is -0.372. The van der Waals surface area contributed by atoms with Crippen molar-refractivity contribution in [1.82, 2.24) is 9.55 Å². The SMILES string of the molecule is N#Cc1cccc(NC(=O)Cn2cnc3ccc(Br)cc3c2=O)c1. The number of benzene rings is 2. The van der Waals surface area contributed by atoms with Gasteiger partial charge in [0.15, 0.2) is 0 Å². The van der Waals surface area contributed by atoms with E-state index in [-0.39, 0.29) is 18.0 Å². The normalized spacial score (nSPS) is 10.3. The van der Waals surface area contributed by atoms with Gasteiger partial charge in [-0.3, -0.25) is 14.2 Å². The van der Waals surface area contributed by atoms with Gasteiger partial charge in [0.25, 0.3) is 5.56 Å². The Morgan fingerprint density at radius 2 is 2.12 bits per heavy atom. The molecule has 24 heavy (non-hydrogen) atoms. The van der Waals surface area contributed by atoms with Crippen molar-refractivity contribution in [1.29, 1.82) is 5.26 Å². The molecule has 1 heterocycles. The molecule has 0 aliphatic rings. The predicted molar refractivity (Wildman–Crippen MR) is 93.5 cm³/mol. The van der Waals surface area contributed by atoms with Gasteiger partial charge in [-0.05, 0) is 36.4 Å². The molecule has 0 aliphatic carbocycles. The lowest BCUT2D eigenvalue weighted by Gasteiger charge is -2.08. The Morgan fingerprint density at radius 3 is 2.92 bits per heavy atom. The van der Waals surface area contributed by atoms with Gasteiger partial charge in [0.1, 0.15) is 6.54 Å². The number of carbonyl (C=O) groups is 1. The van der Waals surface area contributed by atoms with Crippen LogP contribution in [0.15, 0.2) is 58.1 Å². The molecule has 2 aromatic carbocycles. The monoisotopic (exact) mass is 382 g/mol. The second kappa shape index (κ2) is 6.64. The maximum absolute atomic E-state index is 12.4. The number of hydrogen-bond donors (Lipinski definition) is 1. The number of amides is 1. The third-order valence-electron chi connectivity index (χ3n) is 3.38. The molecule has 7 heteroatoms. The number of rotatable bonds is 3. The highest BCUT2D eigenvalue weighted by atomic mass is 79.9.